The zero-order chi connectivity index (χ0) is 21.7. The van der Waals surface area contributed by atoms with Crippen LogP contribution in [0.3, 0.4) is 0 Å². The third kappa shape index (κ3) is 5.60. The lowest BCUT2D eigenvalue weighted by Crippen LogP contribution is -2.38. The highest BCUT2D eigenvalue weighted by atomic mass is 32.1. The van der Waals surface area contributed by atoms with Gasteiger partial charge >= 0.3 is 0 Å². The molecule has 1 saturated heterocycles. The van der Waals surface area contributed by atoms with Gasteiger partial charge in [0, 0.05) is 23.9 Å². The van der Waals surface area contributed by atoms with Gasteiger partial charge in [0.2, 0.25) is 0 Å². The number of ether oxygens (including phenoxy) is 2. The minimum atomic E-state index is -0.784. The quantitative estimate of drug-likeness (QED) is 0.645. The van der Waals surface area contributed by atoms with Gasteiger partial charge in [0.1, 0.15) is 22.1 Å². The van der Waals surface area contributed by atoms with Gasteiger partial charge in [0.05, 0.1) is 19.4 Å². The molecule has 31 heavy (non-hydrogen) atoms. The van der Waals surface area contributed by atoms with Crippen molar-refractivity contribution >= 4 is 11.3 Å². The summed E-state index contributed by atoms with van der Waals surface area (Å²) in [7, 11) is 1.66. The number of aryl methyl sites for hydroxylation is 1. The lowest BCUT2D eigenvalue weighted by atomic mass is 9.93. The van der Waals surface area contributed by atoms with E-state index in [0.29, 0.717) is 6.61 Å². The Morgan fingerprint density at radius 3 is 2.55 bits per heavy atom. The monoisotopic (exact) mass is 444 g/mol. The van der Waals surface area contributed by atoms with Crippen molar-refractivity contribution in [2.24, 2.45) is 0 Å². The molecule has 2 fully saturated rings. The summed E-state index contributed by atoms with van der Waals surface area (Å²) in [5.41, 5.74) is 0.244. The largest absolute Gasteiger partial charge is 0.497 e. The van der Waals surface area contributed by atoms with Gasteiger partial charge in [-0.15, -0.1) is 11.3 Å². The first kappa shape index (κ1) is 22.6. The van der Waals surface area contributed by atoms with Crippen molar-refractivity contribution in [1.82, 2.24) is 9.88 Å². The number of aromatic nitrogens is 1. The molecule has 2 heterocycles. The van der Waals surface area contributed by atoms with E-state index in [1.807, 2.05) is 24.3 Å². The van der Waals surface area contributed by atoms with Crippen molar-refractivity contribution in [3.8, 4) is 11.5 Å². The van der Waals surface area contributed by atoms with Gasteiger partial charge < -0.3 is 19.5 Å². The van der Waals surface area contributed by atoms with Crippen molar-refractivity contribution in [2.45, 2.75) is 76.4 Å². The molecule has 6 heteroatoms. The van der Waals surface area contributed by atoms with Gasteiger partial charge in [-0.2, -0.15) is 0 Å². The second kappa shape index (κ2) is 10.3. The van der Waals surface area contributed by atoms with Crippen LogP contribution in [0.2, 0.25) is 0 Å². The van der Waals surface area contributed by atoms with Crippen LogP contribution in [-0.4, -0.2) is 47.8 Å². The van der Waals surface area contributed by atoms with Gasteiger partial charge in [-0.1, -0.05) is 19.3 Å². The Labute approximate surface area is 190 Å². The molecule has 1 N–H and O–H groups in total. The fraction of sp³-hybridized carbons (Fsp3) is 0.640. The van der Waals surface area contributed by atoms with Crippen molar-refractivity contribution < 1.29 is 14.6 Å². The average Bonchev–Trinajstić information content (AvgIpc) is 3.06. The van der Waals surface area contributed by atoms with E-state index in [4.69, 9.17) is 14.5 Å². The minimum absolute atomic E-state index is 0.600. The Hall–Kier alpha value is -1.63. The molecule has 1 aliphatic carbocycles. The molecule has 4 rings (SSSR count). The fourth-order valence-electron chi connectivity index (χ4n) is 4.96. The van der Waals surface area contributed by atoms with Crippen LogP contribution in [-0.2, 0) is 12.0 Å². The first-order valence-corrected chi connectivity index (χ1v) is 12.6. The Kier molecular flexibility index (Phi) is 7.51. The Balaban J connectivity index is 1.34. The summed E-state index contributed by atoms with van der Waals surface area (Å²) in [6.45, 7) is 4.75. The van der Waals surface area contributed by atoms with Crippen molar-refractivity contribution in [1.29, 1.82) is 0 Å². The molecule has 0 bridgehead atoms. The third-order valence-electron chi connectivity index (χ3n) is 6.89. The van der Waals surface area contributed by atoms with E-state index in [0.717, 1.165) is 67.0 Å². The zero-order valence-corrected chi connectivity index (χ0v) is 19.8. The van der Waals surface area contributed by atoms with Crippen LogP contribution in [0, 0.1) is 6.92 Å². The maximum Gasteiger partial charge on any atom is 0.125 e. The van der Waals surface area contributed by atoms with E-state index in [2.05, 4.69) is 11.8 Å². The number of nitrogens with zero attached hydrogens (tertiary/aromatic N) is 2. The second-order valence-electron chi connectivity index (χ2n) is 9.01. The molecule has 1 atom stereocenters. The van der Waals surface area contributed by atoms with E-state index in [9.17, 15) is 5.11 Å². The van der Waals surface area contributed by atoms with E-state index in [1.165, 1.54) is 37.0 Å². The van der Waals surface area contributed by atoms with Crippen molar-refractivity contribution in [3.63, 3.8) is 0 Å². The van der Waals surface area contributed by atoms with Gasteiger partial charge in [-0.25, -0.2) is 4.98 Å². The normalized spacial score (nSPS) is 23.5. The molecule has 5 nitrogen and oxygen atoms in total. The van der Waals surface area contributed by atoms with Crippen LogP contribution >= 0.6 is 11.3 Å². The Bertz CT molecular complexity index is 832. The fourth-order valence-corrected chi connectivity index (χ4v) is 6.15. The summed E-state index contributed by atoms with van der Waals surface area (Å²) in [5, 5.41) is 12.4. The van der Waals surface area contributed by atoms with Crippen molar-refractivity contribution in [3.05, 3.63) is 39.8 Å². The summed E-state index contributed by atoms with van der Waals surface area (Å²) < 4.78 is 11.1. The van der Waals surface area contributed by atoms with Gasteiger partial charge in [0.15, 0.2) is 0 Å². The number of benzene rings is 1. The molecule has 0 spiro atoms. The maximum absolute atomic E-state index is 11.5. The van der Waals surface area contributed by atoms with Crippen LogP contribution in [0.1, 0.15) is 66.9 Å². The van der Waals surface area contributed by atoms with Crippen LogP contribution in [0.4, 0.5) is 0 Å². The molecule has 0 radical (unpaired) electrons. The minimum Gasteiger partial charge on any atom is -0.497 e. The number of thiazole rings is 1. The summed E-state index contributed by atoms with van der Waals surface area (Å²) in [5.74, 6) is 1.67. The molecule has 0 unspecified atom stereocenters. The van der Waals surface area contributed by atoms with E-state index in [1.54, 1.807) is 18.4 Å². The van der Waals surface area contributed by atoms with Crippen LogP contribution in [0.5, 0.6) is 11.5 Å². The molecule has 1 saturated carbocycles. The number of likely N-dealkylation sites (tertiary alicyclic amines) is 1. The SMILES string of the molecule is COc1ccc(OCCc2sc([C@]3(O)CCCN(C4CCCCC4)CC3)nc2C)cc1. The van der Waals surface area contributed by atoms with Crippen LogP contribution in [0.25, 0.3) is 0 Å². The second-order valence-corrected chi connectivity index (χ2v) is 10.1. The lowest BCUT2D eigenvalue weighted by molar-refractivity contribution is 0.0188. The third-order valence-corrected chi connectivity index (χ3v) is 8.30. The lowest BCUT2D eigenvalue weighted by Gasteiger charge is -2.33. The summed E-state index contributed by atoms with van der Waals surface area (Å²) in [4.78, 5) is 8.66. The highest BCUT2D eigenvalue weighted by molar-refractivity contribution is 7.11. The molecule has 0 amide bonds. The van der Waals surface area contributed by atoms with Crippen LogP contribution < -0.4 is 9.47 Å². The van der Waals surface area contributed by atoms with E-state index in [-0.39, 0.29) is 0 Å². The first-order chi connectivity index (χ1) is 15.1. The smallest absolute Gasteiger partial charge is 0.125 e. The molecule has 2 aromatic rings. The van der Waals surface area contributed by atoms with Crippen LogP contribution in [0.15, 0.2) is 24.3 Å². The van der Waals surface area contributed by atoms with Gasteiger partial charge in [0.25, 0.3) is 0 Å². The molecule has 1 aromatic carbocycles. The molecule has 2 aliphatic rings. The summed E-state index contributed by atoms with van der Waals surface area (Å²) in [6.07, 6.45) is 10.2. The Morgan fingerprint density at radius 1 is 1.06 bits per heavy atom. The summed E-state index contributed by atoms with van der Waals surface area (Å²) in [6, 6.07) is 8.39. The predicted octanol–water partition coefficient (Wildman–Crippen LogP) is 5.09. The molecular formula is C25H36N2O3S. The highest BCUT2D eigenvalue weighted by Gasteiger charge is 2.36. The molecule has 1 aliphatic heterocycles. The molecular weight excluding hydrogens is 408 g/mol. The van der Waals surface area contributed by atoms with Crippen molar-refractivity contribution in [2.75, 3.05) is 26.8 Å². The highest BCUT2D eigenvalue weighted by Crippen LogP contribution is 2.38. The standard InChI is InChI=1S/C25H36N2O3S/c1-19-23(13-18-30-22-11-9-21(29-2)10-12-22)31-24(26-19)25(28)14-6-16-27(17-15-25)20-7-4-3-5-8-20/h9-12,20,28H,3-8,13-18H2,1-2H3/t25-/m0/s1. The summed E-state index contributed by atoms with van der Waals surface area (Å²) >= 11 is 1.67. The zero-order valence-electron chi connectivity index (χ0n) is 18.9. The predicted molar refractivity (Wildman–Crippen MR) is 125 cm³/mol. The Morgan fingerprint density at radius 2 is 1.81 bits per heavy atom. The number of rotatable bonds is 7. The average molecular weight is 445 g/mol. The molecule has 170 valence electrons. The topological polar surface area (TPSA) is 54.8 Å². The maximum atomic E-state index is 11.5. The number of aliphatic hydroxyl groups is 1. The molecule has 1 aromatic heterocycles. The number of methoxy groups -OCH3 is 1. The van der Waals surface area contributed by atoms with Gasteiger partial charge in [-0.3, -0.25) is 0 Å². The first-order valence-electron chi connectivity index (χ1n) is 11.8. The van der Waals surface area contributed by atoms with E-state index >= 15 is 0 Å². The number of hydrogen-bond acceptors (Lipinski definition) is 6. The number of hydrogen-bond donors (Lipinski definition) is 1. The van der Waals surface area contributed by atoms with Gasteiger partial charge in [-0.05, 0) is 69.8 Å². The van der Waals surface area contributed by atoms with E-state index < -0.39 is 5.60 Å².